The lowest BCUT2D eigenvalue weighted by atomic mass is 10.1. The summed E-state index contributed by atoms with van der Waals surface area (Å²) in [4.78, 5) is 22.1. The van der Waals surface area contributed by atoms with E-state index >= 15 is 0 Å². The number of nitrogens with one attached hydrogen (secondary N) is 1. The molecule has 0 aliphatic carbocycles. The van der Waals surface area contributed by atoms with E-state index in [9.17, 15) is 4.79 Å². The first-order valence-corrected chi connectivity index (χ1v) is 9.36. The van der Waals surface area contributed by atoms with E-state index in [1.165, 1.54) is 0 Å². The van der Waals surface area contributed by atoms with Crippen molar-refractivity contribution in [2.24, 2.45) is 7.05 Å². The molecule has 0 spiro atoms. The first-order valence-electron chi connectivity index (χ1n) is 9.36. The van der Waals surface area contributed by atoms with Gasteiger partial charge in [0.25, 0.3) is 5.56 Å². The van der Waals surface area contributed by atoms with Crippen molar-refractivity contribution in [3.63, 3.8) is 0 Å². The van der Waals surface area contributed by atoms with Gasteiger partial charge in [0.1, 0.15) is 5.52 Å². The third-order valence-electron chi connectivity index (χ3n) is 4.78. The molecule has 8 nitrogen and oxygen atoms in total. The summed E-state index contributed by atoms with van der Waals surface area (Å²) >= 11 is 0. The molecule has 0 saturated carbocycles. The van der Waals surface area contributed by atoms with E-state index in [0.717, 1.165) is 30.5 Å². The summed E-state index contributed by atoms with van der Waals surface area (Å²) in [6.45, 7) is 2.77. The standard InChI is InChI=1S/C20H27N5O3/c1-6-7-14-17-18(25(3)23-14)19(26)22-20(21-17)24(2)11-10-13-8-9-15(27-4)16(12-13)28-5/h8-9,12H,6-7,10-11H2,1-5H3,(H,21,22,26). The van der Waals surface area contributed by atoms with Crippen LogP contribution in [0.4, 0.5) is 5.95 Å². The van der Waals surface area contributed by atoms with Crippen LogP contribution in [0.1, 0.15) is 24.6 Å². The molecule has 0 aliphatic rings. The summed E-state index contributed by atoms with van der Waals surface area (Å²) in [6, 6.07) is 5.87. The van der Waals surface area contributed by atoms with Gasteiger partial charge in [0.15, 0.2) is 17.0 Å². The van der Waals surface area contributed by atoms with E-state index in [0.29, 0.717) is 35.0 Å². The Kier molecular flexibility index (Phi) is 5.87. The summed E-state index contributed by atoms with van der Waals surface area (Å²) in [5.74, 6) is 1.95. The Labute approximate surface area is 164 Å². The van der Waals surface area contributed by atoms with Gasteiger partial charge in [-0.3, -0.25) is 14.5 Å². The van der Waals surface area contributed by atoms with E-state index < -0.39 is 0 Å². The number of hydrogen-bond donors (Lipinski definition) is 1. The molecule has 0 atom stereocenters. The van der Waals surface area contributed by atoms with Crippen molar-refractivity contribution in [2.75, 3.05) is 32.7 Å². The highest BCUT2D eigenvalue weighted by Crippen LogP contribution is 2.27. The highest BCUT2D eigenvalue weighted by molar-refractivity contribution is 5.77. The molecular formula is C20H27N5O3. The second-order valence-corrected chi connectivity index (χ2v) is 6.77. The van der Waals surface area contributed by atoms with Gasteiger partial charge in [-0.25, -0.2) is 4.98 Å². The molecule has 28 heavy (non-hydrogen) atoms. The third kappa shape index (κ3) is 3.81. The van der Waals surface area contributed by atoms with E-state index in [-0.39, 0.29) is 5.56 Å². The summed E-state index contributed by atoms with van der Waals surface area (Å²) < 4.78 is 12.3. The number of benzene rings is 1. The molecule has 8 heteroatoms. The van der Waals surface area contributed by atoms with Crippen LogP contribution in [0.15, 0.2) is 23.0 Å². The van der Waals surface area contributed by atoms with Crippen molar-refractivity contribution >= 4 is 17.0 Å². The maximum atomic E-state index is 12.6. The van der Waals surface area contributed by atoms with Crippen molar-refractivity contribution in [1.82, 2.24) is 19.7 Å². The minimum atomic E-state index is -0.171. The molecular weight excluding hydrogens is 358 g/mol. The molecule has 2 heterocycles. The zero-order valence-electron chi connectivity index (χ0n) is 17.1. The van der Waals surface area contributed by atoms with Gasteiger partial charge in [-0.2, -0.15) is 5.10 Å². The predicted molar refractivity (Wildman–Crippen MR) is 110 cm³/mol. The average molecular weight is 385 g/mol. The number of rotatable bonds is 8. The lowest BCUT2D eigenvalue weighted by molar-refractivity contribution is 0.354. The molecule has 0 amide bonds. The zero-order chi connectivity index (χ0) is 20.3. The number of nitrogens with zero attached hydrogens (tertiary/aromatic N) is 4. The molecule has 0 saturated heterocycles. The Morgan fingerprint density at radius 3 is 2.61 bits per heavy atom. The lowest BCUT2D eigenvalue weighted by Crippen LogP contribution is -2.25. The number of aromatic amines is 1. The van der Waals surface area contributed by atoms with E-state index in [2.05, 4.69) is 17.0 Å². The van der Waals surface area contributed by atoms with Crippen LogP contribution >= 0.6 is 0 Å². The molecule has 0 fully saturated rings. The topological polar surface area (TPSA) is 85.3 Å². The van der Waals surface area contributed by atoms with Crippen LogP contribution in [0.25, 0.3) is 11.0 Å². The van der Waals surface area contributed by atoms with Crippen LogP contribution in [0.5, 0.6) is 11.5 Å². The first kappa shape index (κ1) is 19.7. The van der Waals surface area contributed by atoms with E-state index in [1.807, 2.05) is 30.1 Å². The lowest BCUT2D eigenvalue weighted by Gasteiger charge is -2.18. The summed E-state index contributed by atoms with van der Waals surface area (Å²) in [5.41, 5.74) is 3.00. The number of methoxy groups -OCH3 is 2. The molecule has 3 rings (SSSR count). The van der Waals surface area contributed by atoms with Crippen LogP contribution in [-0.4, -0.2) is 47.6 Å². The number of fused-ring (bicyclic) bond motifs is 1. The third-order valence-corrected chi connectivity index (χ3v) is 4.78. The van der Waals surface area contributed by atoms with Crippen LogP contribution in [0.3, 0.4) is 0 Å². The van der Waals surface area contributed by atoms with Crippen molar-refractivity contribution in [2.45, 2.75) is 26.2 Å². The Morgan fingerprint density at radius 2 is 1.93 bits per heavy atom. The van der Waals surface area contributed by atoms with E-state index in [1.54, 1.807) is 25.9 Å². The van der Waals surface area contributed by atoms with Gasteiger partial charge in [0.2, 0.25) is 5.95 Å². The van der Waals surface area contributed by atoms with Crippen LogP contribution < -0.4 is 19.9 Å². The highest BCUT2D eigenvalue weighted by Gasteiger charge is 2.16. The van der Waals surface area contributed by atoms with Gasteiger partial charge < -0.3 is 14.4 Å². The maximum absolute atomic E-state index is 12.6. The van der Waals surface area contributed by atoms with Crippen LogP contribution in [0.2, 0.25) is 0 Å². The minimum Gasteiger partial charge on any atom is -0.493 e. The van der Waals surface area contributed by atoms with Gasteiger partial charge in [-0.05, 0) is 30.5 Å². The van der Waals surface area contributed by atoms with E-state index in [4.69, 9.17) is 14.5 Å². The summed E-state index contributed by atoms with van der Waals surface area (Å²) in [5, 5.41) is 4.46. The van der Waals surface area contributed by atoms with Crippen LogP contribution in [-0.2, 0) is 19.9 Å². The number of anilines is 1. The van der Waals surface area contributed by atoms with Gasteiger partial charge in [0, 0.05) is 20.6 Å². The average Bonchev–Trinajstić information content (AvgIpc) is 3.02. The predicted octanol–water partition coefficient (Wildman–Crippen LogP) is 2.31. The second-order valence-electron chi connectivity index (χ2n) is 6.77. The molecule has 0 bridgehead atoms. The number of aryl methyl sites for hydroxylation is 2. The fourth-order valence-electron chi connectivity index (χ4n) is 3.26. The normalized spacial score (nSPS) is 11.0. The highest BCUT2D eigenvalue weighted by atomic mass is 16.5. The van der Waals surface area contributed by atoms with Crippen LogP contribution in [0, 0.1) is 0 Å². The molecule has 0 aliphatic heterocycles. The van der Waals surface area contributed by atoms with Crippen molar-refractivity contribution in [3.05, 3.63) is 39.8 Å². The van der Waals surface area contributed by atoms with Crippen molar-refractivity contribution < 1.29 is 9.47 Å². The first-order chi connectivity index (χ1) is 13.5. The quantitative estimate of drug-likeness (QED) is 0.640. The van der Waals surface area contributed by atoms with Gasteiger partial charge in [-0.15, -0.1) is 0 Å². The van der Waals surface area contributed by atoms with Gasteiger partial charge in [-0.1, -0.05) is 19.4 Å². The van der Waals surface area contributed by atoms with Gasteiger partial charge >= 0.3 is 0 Å². The maximum Gasteiger partial charge on any atom is 0.278 e. The number of aromatic nitrogens is 4. The molecule has 2 aromatic heterocycles. The zero-order valence-corrected chi connectivity index (χ0v) is 17.1. The monoisotopic (exact) mass is 385 g/mol. The molecule has 150 valence electrons. The fraction of sp³-hybridized carbons (Fsp3) is 0.450. The molecule has 1 N–H and O–H groups in total. The number of ether oxygens (including phenoxy) is 2. The van der Waals surface area contributed by atoms with Crippen molar-refractivity contribution in [1.29, 1.82) is 0 Å². The smallest absolute Gasteiger partial charge is 0.278 e. The fourth-order valence-corrected chi connectivity index (χ4v) is 3.26. The Bertz CT molecular complexity index is 1020. The summed E-state index contributed by atoms with van der Waals surface area (Å²) in [6.07, 6.45) is 2.51. The second kappa shape index (κ2) is 8.33. The Hall–Kier alpha value is -3.03. The Balaban J connectivity index is 1.83. The number of hydrogen-bond acceptors (Lipinski definition) is 6. The minimum absolute atomic E-state index is 0.171. The number of likely N-dealkylation sites (N-methyl/N-ethyl adjacent to an activating group) is 1. The molecule has 3 aromatic rings. The van der Waals surface area contributed by atoms with Gasteiger partial charge in [0.05, 0.1) is 19.9 Å². The SMILES string of the molecule is CCCc1nn(C)c2c(=O)[nH]c(N(C)CCc3ccc(OC)c(OC)c3)nc12. The van der Waals surface area contributed by atoms with Crippen molar-refractivity contribution in [3.8, 4) is 11.5 Å². The molecule has 0 unspecified atom stereocenters. The largest absolute Gasteiger partial charge is 0.493 e. The summed E-state index contributed by atoms with van der Waals surface area (Å²) in [7, 11) is 6.94. The molecule has 0 radical (unpaired) electrons. The Morgan fingerprint density at radius 1 is 1.18 bits per heavy atom. The number of H-pyrrole nitrogens is 1. The molecule has 1 aromatic carbocycles.